The van der Waals surface area contributed by atoms with Crippen molar-refractivity contribution in [1.82, 2.24) is 0 Å². The molecule has 0 radical (unpaired) electrons. The van der Waals surface area contributed by atoms with E-state index in [1.54, 1.807) is 17.8 Å². The molecule has 1 aliphatic rings. The first kappa shape index (κ1) is 8.75. The van der Waals surface area contributed by atoms with Crippen molar-refractivity contribution >= 4 is 17.5 Å². The third-order valence-corrected chi connectivity index (χ3v) is 3.46. The van der Waals surface area contributed by atoms with Gasteiger partial charge in [-0.25, -0.2) is 4.39 Å². The molecule has 68 valence electrons. The molecule has 2 rings (SSSR count). The Kier molecular flexibility index (Phi) is 2.12. The van der Waals surface area contributed by atoms with Crippen molar-refractivity contribution < 1.29 is 9.18 Å². The van der Waals surface area contributed by atoms with E-state index in [-0.39, 0.29) is 17.5 Å². The predicted octanol–water partition coefficient (Wildman–Crippen LogP) is 2.75. The fourth-order valence-electron chi connectivity index (χ4n) is 1.38. The highest BCUT2D eigenvalue weighted by atomic mass is 32.2. The van der Waals surface area contributed by atoms with E-state index in [2.05, 4.69) is 0 Å². The van der Waals surface area contributed by atoms with Gasteiger partial charge in [-0.2, -0.15) is 0 Å². The number of hydrogen-bond acceptors (Lipinski definition) is 2. The van der Waals surface area contributed by atoms with Gasteiger partial charge in [-0.15, -0.1) is 11.8 Å². The van der Waals surface area contributed by atoms with E-state index >= 15 is 0 Å². The van der Waals surface area contributed by atoms with Crippen molar-refractivity contribution in [2.45, 2.75) is 11.8 Å². The fraction of sp³-hybridized carbons (Fsp3) is 0.300. The molecule has 1 heterocycles. The van der Waals surface area contributed by atoms with Gasteiger partial charge in [-0.3, -0.25) is 4.79 Å². The van der Waals surface area contributed by atoms with Crippen molar-refractivity contribution in [3.05, 3.63) is 29.6 Å². The van der Waals surface area contributed by atoms with Gasteiger partial charge in [0.25, 0.3) is 0 Å². The SMILES string of the molecule is CC1CSc2cc(F)ccc2C1=O. The highest BCUT2D eigenvalue weighted by molar-refractivity contribution is 7.99. The molecule has 0 aliphatic carbocycles. The van der Waals surface area contributed by atoms with Crippen molar-refractivity contribution in [2.75, 3.05) is 5.75 Å². The first-order valence-electron chi connectivity index (χ1n) is 4.15. The van der Waals surface area contributed by atoms with E-state index in [0.717, 1.165) is 10.6 Å². The summed E-state index contributed by atoms with van der Waals surface area (Å²) in [6, 6.07) is 4.36. The number of hydrogen-bond donors (Lipinski definition) is 0. The monoisotopic (exact) mass is 196 g/mol. The van der Waals surface area contributed by atoms with Gasteiger partial charge >= 0.3 is 0 Å². The summed E-state index contributed by atoms with van der Waals surface area (Å²) in [5.41, 5.74) is 0.671. The summed E-state index contributed by atoms with van der Waals surface area (Å²) >= 11 is 1.55. The molecule has 1 aromatic carbocycles. The molecule has 0 aromatic heterocycles. The van der Waals surface area contributed by atoms with Crippen molar-refractivity contribution in [3.8, 4) is 0 Å². The molecule has 1 atom stereocenters. The highest BCUT2D eigenvalue weighted by Crippen LogP contribution is 2.32. The number of Topliss-reactive ketones (excluding diaryl/α,β-unsaturated/α-hetero) is 1. The molecule has 0 N–H and O–H groups in total. The van der Waals surface area contributed by atoms with Gasteiger partial charge in [0.1, 0.15) is 5.82 Å². The lowest BCUT2D eigenvalue weighted by molar-refractivity contribution is 0.0936. The van der Waals surface area contributed by atoms with Gasteiger partial charge in [0.05, 0.1) is 0 Å². The van der Waals surface area contributed by atoms with Gasteiger partial charge in [0.2, 0.25) is 0 Å². The molecule has 0 spiro atoms. The van der Waals surface area contributed by atoms with Gasteiger partial charge in [0, 0.05) is 22.1 Å². The van der Waals surface area contributed by atoms with E-state index in [4.69, 9.17) is 0 Å². The molecule has 1 unspecified atom stereocenters. The molecule has 0 amide bonds. The summed E-state index contributed by atoms with van der Waals surface area (Å²) in [4.78, 5) is 12.4. The maximum atomic E-state index is 12.8. The Morgan fingerprint density at radius 3 is 3.08 bits per heavy atom. The fourth-order valence-corrected chi connectivity index (χ4v) is 2.48. The van der Waals surface area contributed by atoms with Gasteiger partial charge in [-0.05, 0) is 18.2 Å². The van der Waals surface area contributed by atoms with E-state index in [9.17, 15) is 9.18 Å². The number of carbonyl (C=O) groups excluding carboxylic acids is 1. The summed E-state index contributed by atoms with van der Waals surface area (Å²) in [5, 5.41) is 0. The van der Waals surface area contributed by atoms with Crippen LogP contribution in [0.1, 0.15) is 17.3 Å². The number of rotatable bonds is 0. The van der Waals surface area contributed by atoms with Crippen LogP contribution in [0.15, 0.2) is 23.1 Å². The minimum atomic E-state index is -0.270. The number of carbonyl (C=O) groups is 1. The quantitative estimate of drug-likeness (QED) is 0.634. The molecule has 13 heavy (non-hydrogen) atoms. The van der Waals surface area contributed by atoms with Gasteiger partial charge in [-0.1, -0.05) is 6.92 Å². The summed E-state index contributed by atoms with van der Waals surface area (Å²) in [5.74, 6) is 0.681. The van der Waals surface area contributed by atoms with Crippen molar-refractivity contribution in [1.29, 1.82) is 0 Å². The summed E-state index contributed by atoms with van der Waals surface area (Å²) in [7, 11) is 0. The zero-order chi connectivity index (χ0) is 9.42. The summed E-state index contributed by atoms with van der Waals surface area (Å²) < 4.78 is 12.8. The van der Waals surface area contributed by atoms with Gasteiger partial charge in [0.15, 0.2) is 5.78 Å². The first-order valence-corrected chi connectivity index (χ1v) is 5.13. The number of halogens is 1. The molecule has 0 saturated heterocycles. The van der Waals surface area contributed by atoms with Crippen LogP contribution in [0.2, 0.25) is 0 Å². The van der Waals surface area contributed by atoms with Crippen LogP contribution in [0.25, 0.3) is 0 Å². The molecule has 0 bridgehead atoms. The van der Waals surface area contributed by atoms with Crippen LogP contribution in [0.5, 0.6) is 0 Å². The Morgan fingerprint density at radius 2 is 2.31 bits per heavy atom. The first-order chi connectivity index (χ1) is 6.18. The van der Waals surface area contributed by atoms with E-state index in [1.807, 2.05) is 6.92 Å². The lowest BCUT2D eigenvalue weighted by Gasteiger charge is -2.19. The summed E-state index contributed by atoms with van der Waals surface area (Å²) in [6.07, 6.45) is 0. The zero-order valence-electron chi connectivity index (χ0n) is 7.21. The smallest absolute Gasteiger partial charge is 0.167 e. The zero-order valence-corrected chi connectivity index (χ0v) is 8.03. The molecule has 0 saturated carbocycles. The average molecular weight is 196 g/mol. The van der Waals surface area contributed by atoms with Crippen LogP contribution >= 0.6 is 11.8 Å². The Balaban J connectivity index is 2.50. The average Bonchev–Trinajstić information content (AvgIpc) is 2.12. The van der Waals surface area contributed by atoms with Crippen LogP contribution in [0.3, 0.4) is 0 Å². The third kappa shape index (κ3) is 1.48. The second-order valence-electron chi connectivity index (χ2n) is 3.22. The topological polar surface area (TPSA) is 17.1 Å². The number of benzene rings is 1. The van der Waals surface area contributed by atoms with Crippen LogP contribution in [-0.2, 0) is 0 Å². The van der Waals surface area contributed by atoms with E-state index < -0.39 is 0 Å². The number of fused-ring (bicyclic) bond motifs is 1. The standard InChI is InChI=1S/C10H9FOS/c1-6-5-13-9-4-7(11)2-3-8(9)10(6)12/h2-4,6H,5H2,1H3. The molecule has 1 aromatic rings. The van der Waals surface area contributed by atoms with Gasteiger partial charge < -0.3 is 0 Å². The molecule has 1 aliphatic heterocycles. The molecular formula is C10H9FOS. The van der Waals surface area contributed by atoms with Crippen LogP contribution in [0.4, 0.5) is 4.39 Å². The molecule has 3 heteroatoms. The second kappa shape index (κ2) is 3.14. The van der Waals surface area contributed by atoms with E-state index in [1.165, 1.54) is 12.1 Å². The number of ketones is 1. The van der Waals surface area contributed by atoms with Crippen LogP contribution in [-0.4, -0.2) is 11.5 Å². The Bertz CT molecular complexity index is 362. The Hall–Kier alpha value is -0.830. The Morgan fingerprint density at radius 1 is 1.54 bits per heavy atom. The summed E-state index contributed by atoms with van der Waals surface area (Å²) in [6.45, 7) is 1.90. The van der Waals surface area contributed by atoms with Crippen LogP contribution < -0.4 is 0 Å². The maximum absolute atomic E-state index is 12.8. The van der Waals surface area contributed by atoms with Crippen molar-refractivity contribution in [2.24, 2.45) is 5.92 Å². The number of thioether (sulfide) groups is 1. The second-order valence-corrected chi connectivity index (χ2v) is 4.28. The highest BCUT2D eigenvalue weighted by Gasteiger charge is 2.24. The van der Waals surface area contributed by atoms with E-state index in [0.29, 0.717) is 5.56 Å². The Labute approximate surface area is 80.3 Å². The maximum Gasteiger partial charge on any atom is 0.167 e. The largest absolute Gasteiger partial charge is 0.294 e. The lowest BCUT2D eigenvalue weighted by atomic mass is 10.0. The lowest BCUT2D eigenvalue weighted by Crippen LogP contribution is -2.19. The molecule has 1 nitrogen and oxygen atoms in total. The van der Waals surface area contributed by atoms with Crippen LogP contribution in [0, 0.1) is 11.7 Å². The van der Waals surface area contributed by atoms with Crippen molar-refractivity contribution in [3.63, 3.8) is 0 Å². The minimum Gasteiger partial charge on any atom is -0.294 e. The molecular weight excluding hydrogens is 187 g/mol. The predicted molar refractivity (Wildman–Crippen MR) is 50.6 cm³/mol. The minimum absolute atomic E-state index is 0.0583. The normalized spacial score (nSPS) is 21.4. The molecule has 0 fully saturated rings. The third-order valence-electron chi connectivity index (χ3n) is 2.15.